The molecule has 0 radical (unpaired) electrons. The van der Waals surface area contributed by atoms with Gasteiger partial charge in [0.05, 0.1) is 6.10 Å². The number of nitrogens with one attached hydrogen (secondary N) is 1. The Morgan fingerprint density at radius 3 is 2.73 bits per heavy atom. The normalized spacial score (nSPS) is 25.3. The van der Waals surface area contributed by atoms with E-state index >= 15 is 0 Å². The third-order valence-electron chi connectivity index (χ3n) is 2.25. The lowest BCUT2D eigenvalue weighted by Crippen LogP contribution is -2.47. The Hall–Kier alpha value is -1.34. The molecule has 0 saturated carbocycles. The first kappa shape index (κ1) is 11.7. The molecule has 1 saturated heterocycles. The second-order valence-electron chi connectivity index (χ2n) is 3.42. The molecule has 2 amide bonds. The van der Waals surface area contributed by atoms with Crippen LogP contribution in [0.15, 0.2) is 0 Å². The number of nitrogens with two attached hydrogens (primary N) is 1. The summed E-state index contributed by atoms with van der Waals surface area (Å²) in [6.07, 6.45) is -0.694. The molecule has 0 bridgehead atoms. The Labute approximate surface area is 86.8 Å². The Kier molecular flexibility index (Phi) is 3.87. The zero-order valence-electron chi connectivity index (χ0n) is 8.22. The number of β-amino-alcohol motifs (C(OH)–C–C–N with tert-alkyl or cyclic N) is 1. The number of amides is 2. The van der Waals surface area contributed by atoms with E-state index in [9.17, 15) is 14.7 Å². The summed E-state index contributed by atoms with van der Waals surface area (Å²) in [4.78, 5) is 23.3. The van der Waals surface area contributed by atoms with Crippen molar-refractivity contribution in [3.05, 3.63) is 0 Å². The number of hydrogen-bond donors (Lipinski definition) is 4. The van der Waals surface area contributed by atoms with E-state index in [1.165, 1.54) is 0 Å². The second-order valence-corrected chi connectivity index (χ2v) is 3.42. The standard InChI is InChI=1S/C8H15N3O4/c9-1-2-10-8(15)11-4-5(12)3-6(11)7(13)14/h5-6,12H,1-4,9H2,(H,10,15)(H,13,14). The van der Waals surface area contributed by atoms with Crippen molar-refractivity contribution in [3.8, 4) is 0 Å². The van der Waals surface area contributed by atoms with Gasteiger partial charge in [-0.3, -0.25) is 0 Å². The smallest absolute Gasteiger partial charge is 0.326 e. The van der Waals surface area contributed by atoms with Gasteiger partial charge < -0.3 is 26.2 Å². The number of carbonyl (C=O) groups excluding carboxylic acids is 1. The Bertz CT molecular complexity index is 258. The van der Waals surface area contributed by atoms with Crippen LogP contribution in [0.5, 0.6) is 0 Å². The largest absolute Gasteiger partial charge is 0.480 e. The zero-order chi connectivity index (χ0) is 11.4. The van der Waals surface area contributed by atoms with Crippen LogP contribution in [-0.4, -0.2) is 58.9 Å². The van der Waals surface area contributed by atoms with E-state index in [0.717, 1.165) is 4.90 Å². The van der Waals surface area contributed by atoms with E-state index in [0.29, 0.717) is 6.54 Å². The molecule has 86 valence electrons. The molecule has 1 aliphatic heterocycles. The molecule has 2 unspecified atom stereocenters. The molecule has 0 aromatic heterocycles. The molecule has 2 atom stereocenters. The fraction of sp³-hybridized carbons (Fsp3) is 0.750. The summed E-state index contributed by atoms with van der Waals surface area (Å²) in [5.74, 6) is -1.10. The number of nitrogens with zero attached hydrogens (tertiary/aromatic N) is 1. The lowest BCUT2D eigenvalue weighted by atomic mass is 10.2. The highest BCUT2D eigenvalue weighted by Gasteiger charge is 2.38. The molecule has 0 aromatic carbocycles. The summed E-state index contributed by atoms with van der Waals surface area (Å²) in [5.41, 5.74) is 5.20. The molecule has 7 nitrogen and oxygen atoms in total. The van der Waals surface area contributed by atoms with Crippen LogP contribution in [0.4, 0.5) is 4.79 Å². The molecule has 0 spiro atoms. The Balaban J connectivity index is 2.58. The van der Waals surface area contributed by atoms with Crippen LogP contribution in [0, 0.1) is 0 Å². The zero-order valence-corrected chi connectivity index (χ0v) is 8.22. The Morgan fingerprint density at radius 1 is 1.53 bits per heavy atom. The lowest BCUT2D eigenvalue weighted by Gasteiger charge is -2.21. The summed E-state index contributed by atoms with van der Waals surface area (Å²) < 4.78 is 0. The van der Waals surface area contributed by atoms with Crippen molar-refractivity contribution < 1.29 is 19.8 Å². The highest BCUT2D eigenvalue weighted by atomic mass is 16.4. The maximum Gasteiger partial charge on any atom is 0.326 e. The van der Waals surface area contributed by atoms with Crippen LogP contribution >= 0.6 is 0 Å². The summed E-state index contributed by atoms with van der Waals surface area (Å²) in [6, 6.07) is -1.44. The summed E-state index contributed by atoms with van der Waals surface area (Å²) in [6.45, 7) is 0.630. The SMILES string of the molecule is NCCNC(=O)N1CC(O)CC1C(=O)O. The van der Waals surface area contributed by atoms with Crippen molar-refractivity contribution in [2.24, 2.45) is 5.73 Å². The van der Waals surface area contributed by atoms with Crippen LogP contribution in [0.25, 0.3) is 0 Å². The number of aliphatic carboxylic acids is 1. The van der Waals surface area contributed by atoms with Crippen LogP contribution in [0.2, 0.25) is 0 Å². The van der Waals surface area contributed by atoms with E-state index in [4.69, 9.17) is 10.8 Å². The summed E-state index contributed by atoms with van der Waals surface area (Å²) in [7, 11) is 0. The minimum absolute atomic E-state index is 0.0490. The average Bonchev–Trinajstić information content (AvgIpc) is 2.57. The maximum absolute atomic E-state index is 11.4. The van der Waals surface area contributed by atoms with Gasteiger partial charge in [0.25, 0.3) is 0 Å². The van der Waals surface area contributed by atoms with Gasteiger partial charge in [0.15, 0.2) is 0 Å². The fourth-order valence-corrected chi connectivity index (χ4v) is 1.55. The number of carboxylic acids is 1. The van der Waals surface area contributed by atoms with Crippen molar-refractivity contribution in [2.75, 3.05) is 19.6 Å². The number of rotatable bonds is 3. The monoisotopic (exact) mass is 217 g/mol. The number of likely N-dealkylation sites (tertiary alicyclic amines) is 1. The third kappa shape index (κ3) is 2.80. The molecular formula is C8H15N3O4. The molecule has 5 N–H and O–H groups in total. The highest BCUT2D eigenvalue weighted by molar-refractivity contribution is 5.83. The van der Waals surface area contributed by atoms with Crippen molar-refractivity contribution in [1.82, 2.24) is 10.2 Å². The molecule has 1 fully saturated rings. The van der Waals surface area contributed by atoms with Gasteiger partial charge in [0, 0.05) is 26.1 Å². The van der Waals surface area contributed by atoms with E-state index < -0.39 is 24.1 Å². The van der Waals surface area contributed by atoms with Crippen LogP contribution in [0.1, 0.15) is 6.42 Å². The van der Waals surface area contributed by atoms with E-state index in [2.05, 4.69) is 5.32 Å². The molecule has 1 heterocycles. The van der Waals surface area contributed by atoms with Crippen LogP contribution in [-0.2, 0) is 4.79 Å². The summed E-state index contributed by atoms with van der Waals surface area (Å²) >= 11 is 0. The molecule has 1 rings (SSSR count). The summed E-state index contributed by atoms with van der Waals surface area (Å²) in [5, 5.41) is 20.6. The number of carbonyl (C=O) groups is 2. The van der Waals surface area contributed by atoms with Gasteiger partial charge in [-0.25, -0.2) is 9.59 Å². The molecule has 0 aromatic rings. The fourth-order valence-electron chi connectivity index (χ4n) is 1.55. The molecule has 15 heavy (non-hydrogen) atoms. The van der Waals surface area contributed by atoms with Gasteiger partial charge in [0.2, 0.25) is 0 Å². The first-order valence-corrected chi connectivity index (χ1v) is 4.71. The van der Waals surface area contributed by atoms with Crippen LogP contribution in [0.3, 0.4) is 0 Å². The first-order valence-electron chi connectivity index (χ1n) is 4.71. The number of aliphatic hydroxyl groups is 1. The van der Waals surface area contributed by atoms with E-state index in [1.807, 2.05) is 0 Å². The number of carboxylic acid groups (broad SMARTS) is 1. The highest BCUT2D eigenvalue weighted by Crippen LogP contribution is 2.17. The number of hydrogen-bond acceptors (Lipinski definition) is 4. The number of urea groups is 1. The van der Waals surface area contributed by atoms with Crippen molar-refractivity contribution in [2.45, 2.75) is 18.6 Å². The van der Waals surface area contributed by atoms with Crippen molar-refractivity contribution in [3.63, 3.8) is 0 Å². The number of aliphatic hydroxyl groups excluding tert-OH is 1. The maximum atomic E-state index is 11.4. The predicted octanol–water partition coefficient (Wildman–Crippen LogP) is -1.83. The lowest BCUT2D eigenvalue weighted by molar-refractivity contribution is -0.141. The van der Waals surface area contributed by atoms with Crippen LogP contribution < -0.4 is 11.1 Å². The van der Waals surface area contributed by atoms with Gasteiger partial charge in [0.1, 0.15) is 6.04 Å². The quantitative estimate of drug-likeness (QED) is 0.444. The minimum Gasteiger partial charge on any atom is -0.480 e. The minimum atomic E-state index is -1.10. The molecule has 0 aliphatic carbocycles. The molecular weight excluding hydrogens is 202 g/mol. The van der Waals surface area contributed by atoms with Gasteiger partial charge >= 0.3 is 12.0 Å². The topological polar surface area (TPSA) is 116 Å². The average molecular weight is 217 g/mol. The van der Waals surface area contributed by atoms with E-state index in [1.54, 1.807) is 0 Å². The predicted molar refractivity (Wildman–Crippen MR) is 51.2 cm³/mol. The van der Waals surface area contributed by atoms with Gasteiger partial charge in [-0.1, -0.05) is 0 Å². The first-order chi connectivity index (χ1) is 7.06. The van der Waals surface area contributed by atoms with E-state index in [-0.39, 0.29) is 19.5 Å². The van der Waals surface area contributed by atoms with Crippen molar-refractivity contribution >= 4 is 12.0 Å². The molecule has 7 heteroatoms. The van der Waals surface area contributed by atoms with Gasteiger partial charge in [-0.2, -0.15) is 0 Å². The third-order valence-corrected chi connectivity index (χ3v) is 2.25. The van der Waals surface area contributed by atoms with Crippen molar-refractivity contribution in [1.29, 1.82) is 0 Å². The van der Waals surface area contributed by atoms with Gasteiger partial charge in [-0.15, -0.1) is 0 Å². The Morgan fingerprint density at radius 2 is 2.20 bits per heavy atom. The second kappa shape index (κ2) is 4.94. The van der Waals surface area contributed by atoms with Gasteiger partial charge in [-0.05, 0) is 0 Å². The molecule has 1 aliphatic rings.